The molecule has 1 aliphatic heterocycles. The van der Waals surface area contributed by atoms with Gasteiger partial charge in [0.15, 0.2) is 0 Å². The van der Waals surface area contributed by atoms with Crippen molar-refractivity contribution < 1.29 is 4.74 Å². The van der Waals surface area contributed by atoms with Gasteiger partial charge in [0.25, 0.3) is 0 Å². The van der Waals surface area contributed by atoms with Gasteiger partial charge in [-0.25, -0.2) is 0 Å². The number of rotatable bonds is 2. The molecule has 136 valence electrons. The van der Waals surface area contributed by atoms with E-state index < -0.39 is 0 Å². The lowest BCUT2D eigenvalue weighted by Gasteiger charge is -2.57. The number of allylic oxidation sites excluding steroid dienone is 1. The maximum atomic E-state index is 11.0. The first-order valence-electron chi connectivity index (χ1n) is 10.6. The number of hydrogen-bond acceptors (Lipinski definition) is 3. The summed E-state index contributed by atoms with van der Waals surface area (Å²) in [5.74, 6) is 3.29. The van der Waals surface area contributed by atoms with E-state index >= 15 is 0 Å². The number of nitrogens with zero attached hydrogens (tertiary/aromatic N) is 1. The Kier molecular flexibility index (Phi) is 3.75. The fourth-order valence-corrected chi connectivity index (χ4v) is 7.93. The van der Waals surface area contributed by atoms with Gasteiger partial charge >= 0.3 is 0 Å². The second kappa shape index (κ2) is 5.77. The molecule has 7 atom stereocenters. The lowest BCUT2D eigenvalue weighted by Crippen LogP contribution is -2.53. The summed E-state index contributed by atoms with van der Waals surface area (Å²) in [5.41, 5.74) is 2.00. The van der Waals surface area contributed by atoms with E-state index in [1.54, 1.807) is 5.57 Å². The molecule has 5 rings (SSSR count). The predicted molar refractivity (Wildman–Crippen MR) is 99.1 cm³/mol. The van der Waals surface area contributed by atoms with E-state index in [-0.39, 0.29) is 11.6 Å². The summed E-state index contributed by atoms with van der Waals surface area (Å²) >= 11 is 0. The van der Waals surface area contributed by atoms with Gasteiger partial charge in [-0.3, -0.25) is 0 Å². The fraction of sp³-hybridized carbons (Fsp3) is 0.818. The third-order valence-corrected chi connectivity index (χ3v) is 8.90. The zero-order valence-corrected chi connectivity index (χ0v) is 15.5. The normalized spacial score (nSPS) is 50.9. The van der Waals surface area contributed by atoms with Gasteiger partial charge in [0.2, 0.25) is 0 Å². The van der Waals surface area contributed by atoms with Crippen molar-refractivity contribution in [3.05, 3.63) is 28.7 Å². The Bertz CT molecular complexity index is 626. The Morgan fingerprint density at radius 3 is 2.84 bits per heavy atom. The van der Waals surface area contributed by atoms with Gasteiger partial charge in [0.05, 0.1) is 12.2 Å². The molecular formula is C22H31NO2. The fourth-order valence-electron chi connectivity index (χ4n) is 7.93. The van der Waals surface area contributed by atoms with Gasteiger partial charge in [-0.1, -0.05) is 35.9 Å². The molecule has 25 heavy (non-hydrogen) atoms. The molecule has 0 aromatic rings. The van der Waals surface area contributed by atoms with Gasteiger partial charge in [-0.15, -0.1) is 0 Å². The van der Waals surface area contributed by atoms with Crippen LogP contribution in [0.5, 0.6) is 0 Å². The lowest BCUT2D eigenvalue weighted by molar-refractivity contribution is -0.122. The van der Waals surface area contributed by atoms with E-state index in [0.717, 1.165) is 36.7 Å². The van der Waals surface area contributed by atoms with Gasteiger partial charge in [0, 0.05) is 5.41 Å². The first-order valence-corrected chi connectivity index (χ1v) is 10.6. The number of hydrogen-bond donors (Lipinski definition) is 0. The smallest absolute Gasteiger partial charge is 0.110 e. The Balaban J connectivity index is 1.46. The van der Waals surface area contributed by atoms with E-state index in [0.29, 0.717) is 5.41 Å². The maximum Gasteiger partial charge on any atom is 0.110 e. The minimum Gasteiger partial charge on any atom is -0.366 e. The van der Waals surface area contributed by atoms with Crippen molar-refractivity contribution in [2.75, 3.05) is 6.61 Å². The highest BCUT2D eigenvalue weighted by Crippen LogP contribution is 2.68. The first-order chi connectivity index (χ1) is 12.2. The molecular weight excluding hydrogens is 310 g/mol. The molecule has 4 unspecified atom stereocenters. The molecule has 3 nitrogen and oxygen atoms in total. The first kappa shape index (κ1) is 16.2. The molecule has 0 aromatic heterocycles. The van der Waals surface area contributed by atoms with Crippen LogP contribution < -0.4 is 0 Å². The van der Waals surface area contributed by atoms with Gasteiger partial charge in [-0.2, -0.15) is 4.91 Å². The third kappa shape index (κ3) is 2.08. The highest BCUT2D eigenvalue weighted by atomic mass is 16.5. The van der Waals surface area contributed by atoms with Crippen molar-refractivity contribution in [3.8, 4) is 0 Å². The molecule has 5 aliphatic rings. The minimum absolute atomic E-state index is 0.0482. The molecule has 0 N–H and O–H groups in total. The van der Waals surface area contributed by atoms with Crippen molar-refractivity contribution in [2.45, 2.75) is 76.4 Å². The van der Waals surface area contributed by atoms with E-state index in [4.69, 9.17) is 4.74 Å². The molecule has 1 heterocycles. The van der Waals surface area contributed by atoms with Crippen LogP contribution in [0.2, 0.25) is 0 Å². The minimum atomic E-state index is -0.0482. The standard InChI is InChI=1S/C22H31NO2/c1-2-21-11-8-18-17-7-5-16(23-24)14-15(17)4-6-19(18)20(21)9-12-22(21)10-3-13-25-22/h3,10,14,16-20H,2,4-9,11-13H2,1H3/t16?,17-,18?,19?,20?,21-,22-/m0/s1. The zero-order chi connectivity index (χ0) is 17.1. The second-order valence-corrected chi connectivity index (χ2v) is 9.26. The van der Waals surface area contributed by atoms with Crippen LogP contribution in [0.15, 0.2) is 29.0 Å². The summed E-state index contributed by atoms with van der Waals surface area (Å²) in [6, 6.07) is -0.0482. The Hall–Kier alpha value is -0.960. The molecule has 0 amide bonds. The van der Waals surface area contributed by atoms with Gasteiger partial charge in [-0.05, 0) is 81.5 Å². The highest BCUT2D eigenvalue weighted by Gasteiger charge is 2.64. The summed E-state index contributed by atoms with van der Waals surface area (Å²) in [7, 11) is 0. The third-order valence-electron chi connectivity index (χ3n) is 8.90. The van der Waals surface area contributed by atoms with E-state index in [1.807, 2.05) is 0 Å². The van der Waals surface area contributed by atoms with Crippen LogP contribution in [0.4, 0.5) is 0 Å². The number of ether oxygens (including phenoxy) is 1. The average molecular weight is 341 g/mol. The quantitative estimate of drug-likeness (QED) is 0.497. The summed E-state index contributed by atoms with van der Waals surface area (Å²) < 4.78 is 6.41. The number of nitroso groups, excluding NO2 is 1. The average Bonchev–Trinajstić information content (AvgIpc) is 3.27. The van der Waals surface area contributed by atoms with Crippen LogP contribution in [0.3, 0.4) is 0 Å². The van der Waals surface area contributed by atoms with Crippen molar-refractivity contribution in [3.63, 3.8) is 0 Å². The SMILES string of the molecule is CC[C@]12CCC3C(CCC4=CC(N=O)CC[C@@H]43)C1CC[C@@]21C=CCO1. The number of fused-ring (bicyclic) bond motifs is 6. The van der Waals surface area contributed by atoms with Crippen LogP contribution in [0, 0.1) is 34.0 Å². The summed E-state index contributed by atoms with van der Waals surface area (Å²) in [6.07, 6.45) is 18.2. The van der Waals surface area contributed by atoms with Crippen LogP contribution in [0.1, 0.15) is 64.7 Å². The van der Waals surface area contributed by atoms with Gasteiger partial charge < -0.3 is 4.74 Å². The van der Waals surface area contributed by atoms with Crippen LogP contribution >= 0.6 is 0 Å². The molecule has 3 fully saturated rings. The van der Waals surface area contributed by atoms with E-state index in [2.05, 4.69) is 30.3 Å². The van der Waals surface area contributed by atoms with E-state index in [1.165, 1.54) is 51.4 Å². The van der Waals surface area contributed by atoms with Crippen LogP contribution in [-0.4, -0.2) is 18.2 Å². The van der Waals surface area contributed by atoms with E-state index in [9.17, 15) is 4.91 Å². The molecule has 0 aromatic carbocycles. The van der Waals surface area contributed by atoms with Crippen molar-refractivity contribution in [2.24, 2.45) is 34.3 Å². The molecule has 4 aliphatic carbocycles. The maximum absolute atomic E-state index is 11.0. The zero-order valence-electron chi connectivity index (χ0n) is 15.5. The molecule has 0 saturated heterocycles. The summed E-state index contributed by atoms with van der Waals surface area (Å²) in [6.45, 7) is 3.23. The second-order valence-electron chi connectivity index (χ2n) is 9.26. The molecule has 0 bridgehead atoms. The lowest BCUT2D eigenvalue weighted by atomic mass is 9.49. The van der Waals surface area contributed by atoms with Crippen molar-refractivity contribution in [1.82, 2.24) is 0 Å². The Labute approximate surface area is 151 Å². The van der Waals surface area contributed by atoms with Crippen molar-refractivity contribution in [1.29, 1.82) is 0 Å². The highest BCUT2D eigenvalue weighted by molar-refractivity contribution is 5.26. The monoisotopic (exact) mass is 341 g/mol. The van der Waals surface area contributed by atoms with Crippen LogP contribution in [-0.2, 0) is 4.74 Å². The van der Waals surface area contributed by atoms with Crippen molar-refractivity contribution >= 4 is 0 Å². The predicted octanol–water partition coefficient (Wildman–Crippen LogP) is 5.41. The Morgan fingerprint density at radius 2 is 2.08 bits per heavy atom. The summed E-state index contributed by atoms with van der Waals surface area (Å²) in [4.78, 5) is 11.0. The molecule has 0 radical (unpaired) electrons. The molecule has 3 saturated carbocycles. The topological polar surface area (TPSA) is 38.7 Å². The van der Waals surface area contributed by atoms with Crippen LogP contribution in [0.25, 0.3) is 0 Å². The molecule has 3 heteroatoms. The van der Waals surface area contributed by atoms with Gasteiger partial charge in [0.1, 0.15) is 6.04 Å². The molecule has 1 spiro atoms. The summed E-state index contributed by atoms with van der Waals surface area (Å²) in [5, 5.41) is 3.32. The Morgan fingerprint density at radius 1 is 1.16 bits per heavy atom. The largest absolute Gasteiger partial charge is 0.366 e.